The summed E-state index contributed by atoms with van der Waals surface area (Å²) < 4.78 is 43.7. The lowest BCUT2D eigenvalue weighted by atomic mass is 9.95. The maximum Gasteiger partial charge on any atom is 0.416 e. The standard InChI is InChI=1S/C17H20F3NO/c1-4-13(5-2)6-12(3)11-22-16-8-14(10-21)7-15(9-16)17(18,19)20/h7-9,13H,3-6,11H2,1-2H3. The molecule has 0 spiro atoms. The second kappa shape index (κ2) is 7.88. The highest BCUT2D eigenvalue weighted by Crippen LogP contribution is 2.32. The molecule has 0 N–H and O–H groups in total. The smallest absolute Gasteiger partial charge is 0.416 e. The monoisotopic (exact) mass is 311 g/mol. The van der Waals surface area contributed by atoms with E-state index in [9.17, 15) is 13.2 Å². The van der Waals surface area contributed by atoms with Gasteiger partial charge in [-0.15, -0.1) is 0 Å². The van der Waals surface area contributed by atoms with E-state index in [2.05, 4.69) is 20.4 Å². The summed E-state index contributed by atoms with van der Waals surface area (Å²) in [6.45, 7) is 8.25. The zero-order valence-corrected chi connectivity index (χ0v) is 12.8. The van der Waals surface area contributed by atoms with Gasteiger partial charge in [0.05, 0.1) is 17.2 Å². The first kappa shape index (κ1) is 18.1. The van der Waals surface area contributed by atoms with E-state index in [-0.39, 0.29) is 17.9 Å². The lowest BCUT2D eigenvalue weighted by Gasteiger charge is -2.15. The van der Waals surface area contributed by atoms with Gasteiger partial charge in [-0.1, -0.05) is 33.3 Å². The Morgan fingerprint density at radius 1 is 1.27 bits per heavy atom. The van der Waals surface area contributed by atoms with Gasteiger partial charge in [0.25, 0.3) is 0 Å². The lowest BCUT2D eigenvalue weighted by molar-refractivity contribution is -0.137. The van der Waals surface area contributed by atoms with E-state index in [1.165, 1.54) is 6.07 Å². The van der Waals surface area contributed by atoms with Crippen LogP contribution in [0.5, 0.6) is 5.75 Å². The number of nitrogens with zero attached hydrogens (tertiary/aromatic N) is 1. The zero-order chi connectivity index (χ0) is 16.8. The fraction of sp³-hybridized carbons (Fsp3) is 0.471. The molecule has 0 saturated carbocycles. The SMILES string of the molecule is C=C(COc1cc(C#N)cc(C(F)(F)F)c1)CC(CC)CC. The number of halogens is 3. The first-order valence-electron chi connectivity index (χ1n) is 7.22. The van der Waals surface area contributed by atoms with Gasteiger partial charge in [0.15, 0.2) is 0 Å². The van der Waals surface area contributed by atoms with E-state index in [0.29, 0.717) is 5.92 Å². The molecule has 0 aliphatic carbocycles. The van der Waals surface area contributed by atoms with E-state index in [1.807, 2.05) is 0 Å². The summed E-state index contributed by atoms with van der Waals surface area (Å²) in [7, 11) is 0. The minimum absolute atomic E-state index is 0.0390. The average Bonchev–Trinajstić information content (AvgIpc) is 2.49. The molecule has 5 heteroatoms. The Hall–Kier alpha value is -1.96. The number of rotatable bonds is 7. The molecule has 1 aromatic rings. The van der Waals surface area contributed by atoms with Crippen molar-refractivity contribution in [2.24, 2.45) is 5.92 Å². The first-order chi connectivity index (χ1) is 10.3. The molecule has 1 aromatic carbocycles. The van der Waals surface area contributed by atoms with Crippen molar-refractivity contribution in [2.45, 2.75) is 39.3 Å². The van der Waals surface area contributed by atoms with Crippen molar-refractivity contribution in [2.75, 3.05) is 6.61 Å². The summed E-state index contributed by atoms with van der Waals surface area (Å²) >= 11 is 0. The largest absolute Gasteiger partial charge is 0.489 e. The number of ether oxygens (including phenoxy) is 1. The Morgan fingerprint density at radius 3 is 2.41 bits per heavy atom. The molecule has 0 amide bonds. The molecule has 0 bridgehead atoms. The third kappa shape index (κ3) is 5.44. The van der Waals surface area contributed by atoms with Gasteiger partial charge in [0.2, 0.25) is 0 Å². The number of hydrogen-bond acceptors (Lipinski definition) is 2. The fourth-order valence-electron chi connectivity index (χ4n) is 2.14. The van der Waals surface area contributed by atoms with Gasteiger partial charge < -0.3 is 4.74 Å². The third-order valence-electron chi connectivity index (χ3n) is 3.54. The predicted molar refractivity (Wildman–Crippen MR) is 79.5 cm³/mol. The molecule has 22 heavy (non-hydrogen) atoms. The summed E-state index contributed by atoms with van der Waals surface area (Å²) in [6, 6.07) is 4.74. The van der Waals surface area contributed by atoms with Crippen molar-refractivity contribution in [3.05, 3.63) is 41.5 Å². The van der Waals surface area contributed by atoms with Crippen LogP contribution in [0.4, 0.5) is 13.2 Å². The summed E-state index contributed by atoms with van der Waals surface area (Å²) in [5.74, 6) is 0.546. The van der Waals surface area contributed by atoms with E-state index in [0.717, 1.165) is 37.0 Å². The molecule has 0 aromatic heterocycles. The van der Waals surface area contributed by atoms with Crippen molar-refractivity contribution in [3.63, 3.8) is 0 Å². The van der Waals surface area contributed by atoms with Gasteiger partial charge in [0.1, 0.15) is 12.4 Å². The van der Waals surface area contributed by atoms with Crippen molar-refractivity contribution >= 4 is 0 Å². The van der Waals surface area contributed by atoms with Crippen LogP contribution >= 0.6 is 0 Å². The van der Waals surface area contributed by atoms with Crippen LogP contribution in [0.25, 0.3) is 0 Å². The maximum absolute atomic E-state index is 12.8. The van der Waals surface area contributed by atoms with Gasteiger partial charge in [0, 0.05) is 0 Å². The van der Waals surface area contributed by atoms with Crippen LogP contribution in [-0.2, 0) is 6.18 Å². The molecular formula is C17H20F3NO. The Kier molecular flexibility index (Phi) is 6.48. The van der Waals surface area contributed by atoms with Gasteiger partial charge >= 0.3 is 6.18 Å². The molecule has 0 atom stereocenters. The zero-order valence-electron chi connectivity index (χ0n) is 12.8. The summed E-state index contributed by atoms with van der Waals surface area (Å²) in [5, 5.41) is 8.82. The van der Waals surface area contributed by atoms with Gasteiger partial charge in [-0.3, -0.25) is 0 Å². The van der Waals surface area contributed by atoms with Gasteiger partial charge in [-0.25, -0.2) is 0 Å². The number of benzene rings is 1. The molecule has 0 aliphatic heterocycles. The number of alkyl halides is 3. The van der Waals surface area contributed by atoms with Crippen LogP contribution in [0.15, 0.2) is 30.4 Å². The van der Waals surface area contributed by atoms with Crippen LogP contribution in [0.1, 0.15) is 44.2 Å². The molecule has 0 radical (unpaired) electrons. The normalized spacial score (nSPS) is 11.3. The van der Waals surface area contributed by atoms with E-state index in [1.54, 1.807) is 6.07 Å². The quantitative estimate of drug-likeness (QED) is 0.637. The molecule has 0 saturated heterocycles. The second-order valence-corrected chi connectivity index (χ2v) is 5.28. The molecule has 0 fully saturated rings. The molecular weight excluding hydrogens is 291 g/mol. The first-order valence-corrected chi connectivity index (χ1v) is 7.22. The van der Waals surface area contributed by atoms with Crippen LogP contribution in [-0.4, -0.2) is 6.61 Å². The second-order valence-electron chi connectivity index (χ2n) is 5.28. The van der Waals surface area contributed by atoms with E-state index in [4.69, 9.17) is 10.00 Å². The number of hydrogen-bond donors (Lipinski definition) is 0. The fourth-order valence-corrected chi connectivity index (χ4v) is 2.14. The Morgan fingerprint density at radius 2 is 1.91 bits per heavy atom. The molecule has 0 aliphatic rings. The molecule has 120 valence electrons. The average molecular weight is 311 g/mol. The molecule has 0 heterocycles. The van der Waals surface area contributed by atoms with Gasteiger partial charge in [-0.2, -0.15) is 18.4 Å². The molecule has 0 unspecified atom stereocenters. The third-order valence-corrected chi connectivity index (χ3v) is 3.54. The summed E-state index contributed by atoms with van der Waals surface area (Å²) in [5.41, 5.74) is -0.118. The van der Waals surface area contributed by atoms with Gasteiger partial charge in [-0.05, 0) is 36.1 Å². The Labute approximate surface area is 129 Å². The molecule has 1 rings (SSSR count). The summed E-state index contributed by atoms with van der Waals surface area (Å²) in [4.78, 5) is 0. The predicted octanol–water partition coefficient (Wildman–Crippen LogP) is 5.34. The minimum atomic E-state index is -4.50. The van der Waals surface area contributed by atoms with Crippen LogP contribution < -0.4 is 4.74 Å². The maximum atomic E-state index is 12.8. The highest BCUT2D eigenvalue weighted by molar-refractivity contribution is 5.42. The van der Waals surface area contributed by atoms with Crippen molar-refractivity contribution in [3.8, 4) is 11.8 Å². The Bertz CT molecular complexity index is 554. The Balaban J connectivity index is 2.78. The van der Waals surface area contributed by atoms with Crippen LogP contribution in [0.3, 0.4) is 0 Å². The van der Waals surface area contributed by atoms with Crippen molar-refractivity contribution in [1.29, 1.82) is 5.26 Å². The lowest BCUT2D eigenvalue weighted by Crippen LogP contribution is -2.08. The van der Waals surface area contributed by atoms with Crippen LogP contribution in [0.2, 0.25) is 0 Å². The van der Waals surface area contributed by atoms with E-state index >= 15 is 0 Å². The minimum Gasteiger partial charge on any atom is -0.489 e. The topological polar surface area (TPSA) is 33.0 Å². The highest BCUT2D eigenvalue weighted by Gasteiger charge is 2.31. The summed E-state index contributed by atoms with van der Waals surface area (Å²) in [6.07, 6.45) is -1.66. The van der Waals surface area contributed by atoms with Crippen molar-refractivity contribution < 1.29 is 17.9 Å². The van der Waals surface area contributed by atoms with Crippen LogP contribution in [0, 0.1) is 17.2 Å². The highest BCUT2D eigenvalue weighted by atomic mass is 19.4. The number of nitriles is 1. The van der Waals surface area contributed by atoms with Crippen molar-refractivity contribution in [1.82, 2.24) is 0 Å². The molecule has 2 nitrogen and oxygen atoms in total. The van der Waals surface area contributed by atoms with E-state index < -0.39 is 11.7 Å².